The summed E-state index contributed by atoms with van der Waals surface area (Å²) in [7, 11) is 6.07. The third-order valence-corrected chi connectivity index (χ3v) is 3.02. The van der Waals surface area contributed by atoms with Crippen LogP contribution < -0.4 is 14.8 Å². The van der Waals surface area contributed by atoms with E-state index in [0.29, 0.717) is 13.2 Å². The summed E-state index contributed by atoms with van der Waals surface area (Å²) in [5.74, 6) is 1.70. The van der Waals surface area contributed by atoms with Gasteiger partial charge in [-0.25, -0.2) is 0 Å². The number of hydrogen-bond donors (Lipinski definition) is 1. The zero-order chi connectivity index (χ0) is 12.4. The monoisotopic (exact) mass is 236 g/mol. The fourth-order valence-electron chi connectivity index (χ4n) is 2.19. The summed E-state index contributed by atoms with van der Waals surface area (Å²) in [6, 6.07) is 4.13. The molecule has 4 heteroatoms. The smallest absolute Gasteiger partial charge is 0.161 e. The summed E-state index contributed by atoms with van der Waals surface area (Å²) in [6.07, 6.45) is 0.186. The van der Waals surface area contributed by atoms with E-state index in [-0.39, 0.29) is 6.17 Å². The van der Waals surface area contributed by atoms with E-state index in [1.807, 2.05) is 7.05 Å². The van der Waals surface area contributed by atoms with Crippen LogP contribution in [0.4, 0.5) is 0 Å². The van der Waals surface area contributed by atoms with Crippen molar-refractivity contribution in [3.63, 3.8) is 0 Å². The normalized spacial score (nSPS) is 16.1. The zero-order valence-electron chi connectivity index (χ0n) is 10.9. The van der Waals surface area contributed by atoms with Crippen LogP contribution in [0.5, 0.6) is 11.5 Å². The van der Waals surface area contributed by atoms with Crippen molar-refractivity contribution < 1.29 is 9.47 Å². The first kappa shape index (κ1) is 12.2. The highest BCUT2D eigenvalue weighted by Gasteiger charge is 2.19. The Bertz CT molecular complexity index is 405. The molecule has 1 atom stereocenters. The Morgan fingerprint density at radius 2 is 1.76 bits per heavy atom. The van der Waals surface area contributed by atoms with E-state index in [1.165, 1.54) is 11.1 Å². The summed E-state index contributed by atoms with van der Waals surface area (Å²) in [4.78, 5) is 2.14. The number of nitrogens with one attached hydrogen (secondary N) is 1. The van der Waals surface area contributed by atoms with Gasteiger partial charge in [-0.3, -0.25) is 4.90 Å². The zero-order valence-corrected chi connectivity index (χ0v) is 10.9. The lowest BCUT2D eigenvalue weighted by Crippen LogP contribution is -2.31. The molecule has 2 rings (SSSR count). The number of hydrogen-bond acceptors (Lipinski definition) is 4. The third kappa shape index (κ3) is 2.37. The number of benzene rings is 1. The highest BCUT2D eigenvalue weighted by molar-refractivity contribution is 5.48. The van der Waals surface area contributed by atoms with Crippen molar-refractivity contribution in [2.75, 3.05) is 34.4 Å². The number of rotatable bonds is 3. The molecule has 0 aromatic heterocycles. The molecule has 1 aliphatic heterocycles. The molecule has 0 amide bonds. The Labute approximate surface area is 103 Å². The first-order chi connectivity index (χ1) is 8.13. The Morgan fingerprint density at radius 1 is 1.18 bits per heavy atom. The SMILES string of the molecule is CNC(c1cc2c(cc1C)OCCO2)N(C)C. The van der Waals surface area contributed by atoms with Crippen molar-refractivity contribution in [2.45, 2.75) is 13.1 Å². The van der Waals surface area contributed by atoms with Crippen molar-refractivity contribution in [3.05, 3.63) is 23.3 Å². The van der Waals surface area contributed by atoms with Crippen LogP contribution in [0, 0.1) is 6.92 Å². The molecule has 0 aliphatic carbocycles. The molecule has 0 fully saturated rings. The fourth-order valence-corrected chi connectivity index (χ4v) is 2.19. The van der Waals surface area contributed by atoms with Gasteiger partial charge in [-0.05, 0) is 51.3 Å². The van der Waals surface area contributed by atoms with E-state index in [4.69, 9.17) is 9.47 Å². The highest BCUT2D eigenvalue weighted by atomic mass is 16.6. The van der Waals surface area contributed by atoms with E-state index < -0.39 is 0 Å². The van der Waals surface area contributed by atoms with Crippen molar-refractivity contribution in [2.24, 2.45) is 0 Å². The van der Waals surface area contributed by atoms with Crippen LogP contribution in [0.15, 0.2) is 12.1 Å². The molecule has 0 bridgehead atoms. The van der Waals surface area contributed by atoms with Crippen molar-refractivity contribution in [1.29, 1.82) is 0 Å². The molecule has 1 aromatic carbocycles. The standard InChI is InChI=1S/C13H20N2O2/c1-9-7-11-12(17-6-5-16-11)8-10(9)13(14-2)15(3)4/h7-8,13-14H,5-6H2,1-4H3. The first-order valence-electron chi connectivity index (χ1n) is 5.87. The second-order valence-corrected chi connectivity index (χ2v) is 4.51. The Kier molecular flexibility index (Phi) is 3.54. The third-order valence-electron chi connectivity index (χ3n) is 3.02. The lowest BCUT2D eigenvalue weighted by molar-refractivity contribution is 0.170. The highest BCUT2D eigenvalue weighted by Crippen LogP contribution is 2.35. The van der Waals surface area contributed by atoms with Gasteiger partial charge in [0.25, 0.3) is 0 Å². The fraction of sp³-hybridized carbons (Fsp3) is 0.538. The molecule has 1 aromatic rings. The molecule has 94 valence electrons. The van der Waals surface area contributed by atoms with Gasteiger partial charge in [0.05, 0.1) is 6.17 Å². The summed E-state index contributed by atoms with van der Waals surface area (Å²) in [6.45, 7) is 3.36. The maximum absolute atomic E-state index is 5.62. The van der Waals surface area contributed by atoms with Gasteiger partial charge in [0, 0.05) is 0 Å². The average molecular weight is 236 g/mol. The van der Waals surface area contributed by atoms with Gasteiger partial charge in [-0.1, -0.05) is 0 Å². The van der Waals surface area contributed by atoms with E-state index in [2.05, 4.69) is 43.4 Å². The quantitative estimate of drug-likeness (QED) is 0.807. The van der Waals surface area contributed by atoms with Crippen LogP contribution in [-0.4, -0.2) is 39.3 Å². The topological polar surface area (TPSA) is 33.7 Å². The van der Waals surface area contributed by atoms with Crippen LogP contribution in [0.3, 0.4) is 0 Å². The lowest BCUT2D eigenvalue weighted by Gasteiger charge is -2.28. The number of nitrogens with zero attached hydrogens (tertiary/aromatic N) is 1. The second kappa shape index (κ2) is 4.94. The number of aryl methyl sites for hydroxylation is 1. The molecule has 1 aliphatic rings. The van der Waals surface area contributed by atoms with Gasteiger partial charge in [-0.2, -0.15) is 0 Å². The van der Waals surface area contributed by atoms with Gasteiger partial charge in [-0.15, -0.1) is 0 Å². The second-order valence-electron chi connectivity index (χ2n) is 4.51. The van der Waals surface area contributed by atoms with Crippen LogP contribution >= 0.6 is 0 Å². The number of fused-ring (bicyclic) bond motifs is 1. The Balaban J connectivity index is 2.40. The van der Waals surface area contributed by atoms with Gasteiger partial charge in [0.1, 0.15) is 13.2 Å². The summed E-state index contributed by atoms with van der Waals surface area (Å²) in [5.41, 5.74) is 2.43. The van der Waals surface area contributed by atoms with Gasteiger partial charge >= 0.3 is 0 Å². The molecule has 0 spiro atoms. The molecule has 1 heterocycles. The Hall–Kier alpha value is -1.26. The minimum atomic E-state index is 0.186. The molecule has 1 N–H and O–H groups in total. The van der Waals surface area contributed by atoms with Crippen molar-refractivity contribution in [3.8, 4) is 11.5 Å². The summed E-state index contributed by atoms with van der Waals surface area (Å²) in [5, 5.41) is 3.29. The van der Waals surface area contributed by atoms with Crippen LogP contribution in [0.1, 0.15) is 17.3 Å². The minimum Gasteiger partial charge on any atom is -0.486 e. The molecular formula is C13H20N2O2. The van der Waals surface area contributed by atoms with Crippen LogP contribution in [0.2, 0.25) is 0 Å². The molecule has 4 nitrogen and oxygen atoms in total. The maximum atomic E-state index is 5.62. The van der Waals surface area contributed by atoms with Crippen LogP contribution in [0.25, 0.3) is 0 Å². The van der Waals surface area contributed by atoms with Gasteiger partial charge in [0.2, 0.25) is 0 Å². The predicted molar refractivity (Wildman–Crippen MR) is 67.7 cm³/mol. The van der Waals surface area contributed by atoms with E-state index >= 15 is 0 Å². The average Bonchev–Trinajstić information content (AvgIpc) is 2.30. The largest absolute Gasteiger partial charge is 0.486 e. The molecule has 0 saturated heterocycles. The maximum Gasteiger partial charge on any atom is 0.161 e. The van der Waals surface area contributed by atoms with E-state index in [9.17, 15) is 0 Å². The lowest BCUT2D eigenvalue weighted by atomic mass is 10.0. The van der Waals surface area contributed by atoms with E-state index in [1.54, 1.807) is 0 Å². The van der Waals surface area contributed by atoms with Crippen LogP contribution in [-0.2, 0) is 0 Å². The van der Waals surface area contributed by atoms with Gasteiger partial charge in [0.15, 0.2) is 11.5 Å². The minimum absolute atomic E-state index is 0.186. The molecule has 0 radical (unpaired) electrons. The van der Waals surface area contributed by atoms with Crippen molar-refractivity contribution >= 4 is 0 Å². The number of ether oxygens (including phenoxy) is 2. The molecule has 17 heavy (non-hydrogen) atoms. The first-order valence-corrected chi connectivity index (χ1v) is 5.87. The molecule has 1 unspecified atom stereocenters. The van der Waals surface area contributed by atoms with Gasteiger partial charge < -0.3 is 14.8 Å². The van der Waals surface area contributed by atoms with Crippen molar-refractivity contribution in [1.82, 2.24) is 10.2 Å². The summed E-state index contributed by atoms with van der Waals surface area (Å²) < 4.78 is 11.2. The predicted octanol–water partition coefficient (Wildman–Crippen LogP) is 1.55. The van der Waals surface area contributed by atoms with E-state index in [0.717, 1.165) is 11.5 Å². The molecule has 0 saturated carbocycles. The Morgan fingerprint density at radius 3 is 2.29 bits per heavy atom. The molecular weight excluding hydrogens is 216 g/mol. The summed E-state index contributed by atoms with van der Waals surface area (Å²) >= 11 is 0.